The first-order valence-electron chi connectivity index (χ1n) is 10.2. The maximum absolute atomic E-state index is 13.9. The molecule has 1 aliphatic heterocycles. The van der Waals surface area contributed by atoms with Crippen LogP contribution in [0.3, 0.4) is 0 Å². The van der Waals surface area contributed by atoms with E-state index in [0.717, 1.165) is 0 Å². The lowest BCUT2D eigenvalue weighted by atomic mass is 10.1. The van der Waals surface area contributed by atoms with E-state index < -0.39 is 17.8 Å². The highest BCUT2D eigenvalue weighted by atomic mass is 35.5. The number of ether oxygens (including phenoxy) is 1. The van der Waals surface area contributed by atoms with Crippen molar-refractivity contribution in [3.8, 4) is 5.75 Å². The Kier molecular flexibility index (Phi) is 5.94. The molecule has 0 radical (unpaired) electrons. The fourth-order valence-electron chi connectivity index (χ4n) is 4.13. The summed E-state index contributed by atoms with van der Waals surface area (Å²) in [6.07, 6.45) is 1.01. The maximum atomic E-state index is 13.9. The van der Waals surface area contributed by atoms with Gasteiger partial charge in [-0.05, 0) is 38.8 Å². The lowest BCUT2D eigenvalue weighted by Crippen LogP contribution is -2.30. The third kappa shape index (κ3) is 4.41. The number of rotatable bonds is 4. The third-order valence-electron chi connectivity index (χ3n) is 5.81. The molecule has 4 rings (SSSR count). The lowest BCUT2D eigenvalue weighted by molar-refractivity contribution is 0.0786. The van der Waals surface area contributed by atoms with Crippen molar-refractivity contribution in [3.63, 3.8) is 0 Å². The van der Waals surface area contributed by atoms with Crippen molar-refractivity contribution in [2.24, 2.45) is 0 Å². The maximum Gasteiger partial charge on any atom is 0.257 e. The van der Waals surface area contributed by atoms with E-state index in [9.17, 15) is 14.3 Å². The normalized spacial score (nSPS) is 23.5. The molecule has 2 N–H and O–H groups in total. The summed E-state index contributed by atoms with van der Waals surface area (Å²) in [6, 6.07) is 3.83. The number of aliphatic hydroxyl groups excluding tert-OH is 1. The van der Waals surface area contributed by atoms with Crippen LogP contribution in [0.2, 0.25) is 5.02 Å². The largest absolute Gasteiger partial charge is 0.489 e. The fraction of sp³-hybridized carbons (Fsp3) is 0.455. The number of likely N-dealkylation sites (tertiary alicyclic amines) is 1. The second-order valence-corrected chi connectivity index (χ2v) is 8.56. The van der Waals surface area contributed by atoms with Crippen LogP contribution in [-0.2, 0) is 0 Å². The Morgan fingerprint density at radius 1 is 1.29 bits per heavy atom. The fourth-order valence-corrected chi connectivity index (χ4v) is 4.22. The SMILES string of the molecule is Cc1nc(C2CN(C(=O)c3ccc(F)cc3OC3CCC(O)C3)CC2=N)nc(C)c1Cl. The van der Waals surface area contributed by atoms with E-state index in [0.29, 0.717) is 47.2 Å². The van der Waals surface area contributed by atoms with E-state index in [4.69, 9.17) is 21.7 Å². The number of carbonyl (C=O) groups excluding carboxylic acids is 1. The number of hydrogen-bond acceptors (Lipinski definition) is 6. The van der Waals surface area contributed by atoms with Gasteiger partial charge in [-0.2, -0.15) is 0 Å². The van der Waals surface area contributed by atoms with E-state index in [1.165, 1.54) is 23.1 Å². The van der Waals surface area contributed by atoms with Crippen LogP contribution >= 0.6 is 11.6 Å². The molecule has 1 aliphatic carbocycles. The van der Waals surface area contributed by atoms with Crippen LogP contribution in [0.5, 0.6) is 5.75 Å². The van der Waals surface area contributed by atoms with Gasteiger partial charge < -0.3 is 20.2 Å². The van der Waals surface area contributed by atoms with Gasteiger partial charge in [0.1, 0.15) is 23.5 Å². The van der Waals surface area contributed by atoms with Crippen LogP contribution in [-0.4, -0.2) is 56.9 Å². The van der Waals surface area contributed by atoms with E-state index in [2.05, 4.69) is 9.97 Å². The summed E-state index contributed by atoms with van der Waals surface area (Å²) >= 11 is 6.16. The van der Waals surface area contributed by atoms with Gasteiger partial charge in [0.25, 0.3) is 5.91 Å². The number of carbonyl (C=O) groups is 1. The summed E-state index contributed by atoms with van der Waals surface area (Å²) in [5.74, 6) is -0.641. The molecular weight excluding hydrogens is 423 g/mol. The Morgan fingerprint density at radius 2 is 2.00 bits per heavy atom. The number of nitrogens with zero attached hydrogens (tertiary/aromatic N) is 3. The zero-order valence-corrected chi connectivity index (χ0v) is 18.1. The number of aliphatic hydroxyl groups is 1. The zero-order chi connectivity index (χ0) is 22.3. The zero-order valence-electron chi connectivity index (χ0n) is 17.4. The lowest BCUT2D eigenvalue weighted by Gasteiger charge is -2.20. The van der Waals surface area contributed by atoms with Gasteiger partial charge in [0, 0.05) is 24.7 Å². The van der Waals surface area contributed by atoms with Crippen molar-refractivity contribution in [1.29, 1.82) is 5.41 Å². The monoisotopic (exact) mass is 446 g/mol. The minimum Gasteiger partial charge on any atom is -0.489 e. The summed E-state index contributed by atoms with van der Waals surface area (Å²) in [6.45, 7) is 3.94. The average molecular weight is 447 g/mol. The quantitative estimate of drug-likeness (QED) is 0.749. The predicted octanol–water partition coefficient (Wildman–Crippen LogP) is 3.44. The summed E-state index contributed by atoms with van der Waals surface area (Å²) in [5, 5.41) is 18.6. The summed E-state index contributed by atoms with van der Waals surface area (Å²) < 4.78 is 19.8. The first-order valence-corrected chi connectivity index (χ1v) is 10.6. The van der Waals surface area contributed by atoms with Gasteiger partial charge in [-0.1, -0.05) is 11.6 Å². The van der Waals surface area contributed by atoms with Crippen molar-refractivity contribution >= 4 is 23.2 Å². The molecule has 9 heteroatoms. The minimum absolute atomic E-state index is 0.131. The standard InChI is InChI=1S/C22H24ClFN4O3/c1-11-20(23)12(2)27-21(26-11)17-9-28(10-18(17)25)22(30)16-6-3-13(24)7-19(16)31-15-5-4-14(29)8-15/h3,6-7,14-15,17,25,29H,4-5,8-10H2,1-2H3. The van der Waals surface area contributed by atoms with Crippen LogP contribution in [0.1, 0.15) is 52.8 Å². The van der Waals surface area contributed by atoms with Crippen LogP contribution in [0.25, 0.3) is 0 Å². The van der Waals surface area contributed by atoms with Crippen molar-refractivity contribution in [2.45, 2.75) is 51.2 Å². The highest BCUT2D eigenvalue weighted by Crippen LogP contribution is 2.31. The van der Waals surface area contributed by atoms with Gasteiger partial charge >= 0.3 is 0 Å². The Balaban J connectivity index is 1.56. The molecule has 2 aromatic rings. The van der Waals surface area contributed by atoms with Gasteiger partial charge in [0.05, 0.1) is 40.5 Å². The van der Waals surface area contributed by atoms with Crippen LogP contribution in [0.15, 0.2) is 18.2 Å². The smallest absolute Gasteiger partial charge is 0.257 e. The molecule has 1 amide bonds. The molecule has 1 saturated carbocycles. The van der Waals surface area contributed by atoms with Crippen molar-refractivity contribution in [2.75, 3.05) is 13.1 Å². The molecular formula is C22H24ClFN4O3. The molecule has 1 aromatic carbocycles. The van der Waals surface area contributed by atoms with Crippen LogP contribution in [0, 0.1) is 25.1 Å². The van der Waals surface area contributed by atoms with Gasteiger partial charge in [-0.25, -0.2) is 14.4 Å². The molecule has 2 fully saturated rings. The van der Waals surface area contributed by atoms with Crippen LogP contribution in [0.4, 0.5) is 4.39 Å². The van der Waals surface area contributed by atoms with E-state index in [-0.39, 0.29) is 36.4 Å². The highest BCUT2D eigenvalue weighted by Gasteiger charge is 2.36. The Labute approximate surface area is 184 Å². The average Bonchev–Trinajstić information content (AvgIpc) is 3.30. The van der Waals surface area contributed by atoms with E-state index >= 15 is 0 Å². The van der Waals surface area contributed by atoms with Gasteiger partial charge in [0.2, 0.25) is 0 Å². The Morgan fingerprint density at radius 3 is 2.65 bits per heavy atom. The Hall–Kier alpha value is -2.58. The third-order valence-corrected chi connectivity index (χ3v) is 6.36. The first kappa shape index (κ1) is 21.6. The summed E-state index contributed by atoms with van der Waals surface area (Å²) in [4.78, 5) is 23.6. The molecule has 1 aromatic heterocycles. The molecule has 31 heavy (non-hydrogen) atoms. The predicted molar refractivity (Wildman–Crippen MR) is 114 cm³/mol. The molecule has 2 heterocycles. The van der Waals surface area contributed by atoms with Gasteiger partial charge in [-0.3, -0.25) is 4.79 Å². The molecule has 2 aliphatic rings. The molecule has 3 unspecified atom stereocenters. The highest BCUT2D eigenvalue weighted by molar-refractivity contribution is 6.31. The second kappa shape index (κ2) is 8.51. The number of hydrogen-bond donors (Lipinski definition) is 2. The number of nitrogens with one attached hydrogen (secondary N) is 1. The number of amides is 1. The molecule has 0 bridgehead atoms. The molecule has 1 saturated heterocycles. The van der Waals surface area contributed by atoms with Crippen molar-refractivity contribution < 1.29 is 19.0 Å². The summed E-state index contributed by atoms with van der Waals surface area (Å²) in [5.41, 5.74) is 1.84. The number of aryl methyl sites for hydroxylation is 2. The molecule has 3 atom stereocenters. The van der Waals surface area contributed by atoms with Gasteiger partial charge in [-0.15, -0.1) is 0 Å². The number of benzene rings is 1. The van der Waals surface area contributed by atoms with Gasteiger partial charge in [0.15, 0.2) is 0 Å². The van der Waals surface area contributed by atoms with E-state index in [1.807, 2.05) is 0 Å². The summed E-state index contributed by atoms with van der Waals surface area (Å²) in [7, 11) is 0. The van der Waals surface area contributed by atoms with E-state index in [1.54, 1.807) is 13.8 Å². The molecule has 164 valence electrons. The molecule has 0 spiro atoms. The van der Waals surface area contributed by atoms with Crippen LogP contribution < -0.4 is 4.74 Å². The van der Waals surface area contributed by atoms with Crippen molar-refractivity contribution in [3.05, 3.63) is 51.8 Å². The first-order chi connectivity index (χ1) is 14.7. The van der Waals surface area contributed by atoms with Crippen molar-refractivity contribution in [1.82, 2.24) is 14.9 Å². The molecule has 7 nitrogen and oxygen atoms in total. The minimum atomic E-state index is -0.502. The second-order valence-electron chi connectivity index (χ2n) is 8.18. The number of halogens is 2. The Bertz CT molecular complexity index is 1020. The topological polar surface area (TPSA) is 99.4 Å². The number of aromatic nitrogens is 2.